The van der Waals surface area contributed by atoms with E-state index < -0.39 is 0 Å². The number of aryl methyl sites for hydroxylation is 2. The van der Waals surface area contributed by atoms with Gasteiger partial charge in [0.1, 0.15) is 5.75 Å². The van der Waals surface area contributed by atoms with Gasteiger partial charge in [-0.05, 0) is 41.8 Å². The lowest BCUT2D eigenvalue weighted by Crippen LogP contribution is -2.22. The topological polar surface area (TPSA) is 68.5 Å². The molecule has 1 N–H and O–H groups in total. The number of ether oxygens (including phenoxy) is 1. The number of nitrogens with zero attached hydrogens (tertiary/aromatic N) is 3. The smallest absolute Gasteiger partial charge is 0.261 e. The van der Waals surface area contributed by atoms with Crippen molar-refractivity contribution in [1.29, 1.82) is 0 Å². The number of hydrazone groups is 1. The molecule has 0 saturated heterocycles. The highest BCUT2D eigenvalue weighted by Crippen LogP contribution is 2.19. The van der Waals surface area contributed by atoms with Crippen LogP contribution in [-0.4, -0.2) is 29.4 Å². The van der Waals surface area contributed by atoms with Crippen LogP contribution >= 0.6 is 0 Å². The third-order valence-corrected chi connectivity index (χ3v) is 4.71. The summed E-state index contributed by atoms with van der Waals surface area (Å²) < 4.78 is 6.93. The Kier molecular flexibility index (Phi) is 4.39. The highest BCUT2D eigenvalue weighted by molar-refractivity contribution is 5.80. The zero-order valence-electron chi connectivity index (χ0n) is 14.6. The molecular formula is C20H20N4O2. The zero-order chi connectivity index (χ0) is 17.9. The van der Waals surface area contributed by atoms with Gasteiger partial charge in [-0.2, -0.15) is 5.10 Å². The van der Waals surface area contributed by atoms with Crippen LogP contribution in [0.5, 0.6) is 5.75 Å². The van der Waals surface area contributed by atoms with Gasteiger partial charge in [-0.1, -0.05) is 18.2 Å². The number of aromatic nitrogens is 2. The van der Waals surface area contributed by atoms with Gasteiger partial charge < -0.3 is 10.2 Å². The predicted octanol–water partition coefficient (Wildman–Crippen LogP) is 2.32. The number of nitrogens with one attached hydrogen (secondary N) is 1. The van der Waals surface area contributed by atoms with Crippen molar-refractivity contribution in [3.05, 3.63) is 70.3 Å². The molecule has 2 heterocycles. The van der Waals surface area contributed by atoms with E-state index in [1.807, 2.05) is 48.7 Å². The van der Waals surface area contributed by atoms with Crippen LogP contribution < -0.4 is 15.7 Å². The Labute approximate surface area is 151 Å². The van der Waals surface area contributed by atoms with Gasteiger partial charge in [0.25, 0.3) is 5.56 Å². The molecule has 1 atom stereocenters. The third kappa shape index (κ3) is 3.18. The summed E-state index contributed by atoms with van der Waals surface area (Å²) in [6, 6.07) is 13.8. The van der Waals surface area contributed by atoms with Gasteiger partial charge in [0.2, 0.25) is 0 Å². The van der Waals surface area contributed by atoms with Crippen LogP contribution in [-0.2, 0) is 13.0 Å². The standard InChI is InChI=1S/C20H20N4O2/c1-26-17-4-2-3-14(9-17)7-8-24-13-21-19-6-5-15(10-18(19)20(24)25)16-11-22-23-12-16/h2-6,9-11,13,16,23H,7-8,12H2,1H3. The first kappa shape index (κ1) is 16.3. The fourth-order valence-electron chi connectivity index (χ4n) is 3.19. The maximum Gasteiger partial charge on any atom is 0.261 e. The highest BCUT2D eigenvalue weighted by atomic mass is 16.5. The number of methoxy groups -OCH3 is 1. The molecule has 6 nitrogen and oxygen atoms in total. The molecule has 2 aromatic carbocycles. The van der Waals surface area contributed by atoms with Crippen LogP contribution in [0.1, 0.15) is 17.0 Å². The lowest BCUT2D eigenvalue weighted by atomic mass is 9.99. The molecule has 1 unspecified atom stereocenters. The molecular weight excluding hydrogens is 328 g/mol. The quantitative estimate of drug-likeness (QED) is 0.768. The van der Waals surface area contributed by atoms with Crippen molar-refractivity contribution < 1.29 is 4.74 Å². The number of rotatable bonds is 5. The summed E-state index contributed by atoms with van der Waals surface area (Å²) in [4.78, 5) is 17.3. The second kappa shape index (κ2) is 7.00. The van der Waals surface area contributed by atoms with Crippen LogP contribution in [0, 0.1) is 0 Å². The van der Waals surface area contributed by atoms with Crippen LogP contribution in [0.25, 0.3) is 10.9 Å². The minimum absolute atomic E-state index is 0.0114. The van der Waals surface area contributed by atoms with Gasteiger partial charge in [0, 0.05) is 25.2 Å². The Morgan fingerprint density at radius 2 is 2.19 bits per heavy atom. The fraction of sp³-hybridized carbons (Fsp3) is 0.250. The van der Waals surface area contributed by atoms with E-state index in [1.165, 1.54) is 0 Å². The van der Waals surface area contributed by atoms with E-state index in [4.69, 9.17) is 4.74 Å². The Morgan fingerprint density at radius 1 is 1.27 bits per heavy atom. The van der Waals surface area contributed by atoms with E-state index >= 15 is 0 Å². The zero-order valence-corrected chi connectivity index (χ0v) is 14.6. The molecule has 0 amide bonds. The molecule has 0 spiro atoms. The van der Waals surface area contributed by atoms with Gasteiger partial charge >= 0.3 is 0 Å². The minimum Gasteiger partial charge on any atom is -0.497 e. The minimum atomic E-state index is -0.0114. The van der Waals surface area contributed by atoms with Gasteiger partial charge in [-0.25, -0.2) is 4.98 Å². The predicted molar refractivity (Wildman–Crippen MR) is 102 cm³/mol. The molecule has 0 saturated carbocycles. The van der Waals surface area contributed by atoms with Crippen molar-refractivity contribution in [2.75, 3.05) is 13.7 Å². The summed E-state index contributed by atoms with van der Waals surface area (Å²) in [7, 11) is 1.65. The van der Waals surface area contributed by atoms with E-state index in [-0.39, 0.29) is 11.5 Å². The molecule has 1 aromatic heterocycles. The molecule has 0 bridgehead atoms. The average Bonchev–Trinajstić information content (AvgIpc) is 3.22. The summed E-state index contributed by atoms with van der Waals surface area (Å²) in [5.41, 5.74) is 5.87. The van der Waals surface area contributed by atoms with E-state index in [9.17, 15) is 4.79 Å². The van der Waals surface area contributed by atoms with Crippen molar-refractivity contribution >= 4 is 17.1 Å². The largest absolute Gasteiger partial charge is 0.497 e. The molecule has 0 fully saturated rings. The SMILES string of the molecule is COc1cccc(CCn2cnc3ccc(C4C=NNC4)cc3c2=O)c1. The Morgan fingerprint density at radius 3 is 3.00 bits per heavy atom. The first-order valence-corrected chi connectivity index (χ1v) is 8.62. The van der Waals surface area contributed by atoms with E-state index in [0.29, 0.717) is 11.9 Å². The maximum absolute atomic E-state index is 12.9. The first-order valence-electron chi connectivity index (χ1n) is 8.62. The normalized spacial score (nSPS) is 16.0. The van der Waals surface area contributed by atoms with Crippen molar-refractivity contribution in [2.45, 2.75) is 18.9 Å². The lowest BCUT2D eigenvalue weighted by molar-refractivity contribution is 0.414. The number of hydrogen-bond acceptors (Lipinski definition) is 5. The summed E-state index contributed by atoms with van der Waals surface area (Å²) in [6.45, 7) is 1.33. The van der Waals surface area contributed by atoms with E-state index in [0.717, 1.165) is 35.4 Å². The van der Waals surface area contributed by atoms with Crippen molar-refractivity contribution in [3.63, 3.8) is 0 Å². The Balaban J connectivity index is 1.61. The first-order chi connectivity index (χ1) is 12.7. The number of fused-ring (bicyclic) bond motifs is 1. The van der Waals surface area contributed by atoms with Gasteiger partial charge in [0.15, 0.2) is 0 Å². The molecule has 132 valence electrons. The number of hydrogen-bond donors (Lipinski definition) is 1. The second-order valence-electron chi connectivity index (χ2n) is 6.37. The molecule has 1 aliphatic heterocycles. The average molecular weight is 348 g/mol. The molecule has 26 heavy (non-hydrogen) atoms. The van der Waals surface area contributed by atoms with E-state index in [2.05, 4.69) is 15.5 Å². The van der Waals surface area contributed by atoms with Gasteiger partial charge in [-0.3, -0.25) is 9.36 Å². The summed E-state index contributed by atoms with van der Waals surface area (Å²) in [6.07, 6.45) is 4.24. The van der Waals surface area contributed by atoms with Crippen molar-refractivity contribution in [3.8, 4) is 5.75 Å². The molecule has 4 rings (SSSR count). The van der Waals surface area contributed by atoms with Crippen LogP contribution in [0.2, 0.25) is 0 Å². The molecule has 0 aliphatic carbocycles. The van der Waals surface area contributed by atoms with Crippen LogP contribution in [0.15, 0.2) is 58.7 Å². The van der Waals surface area contributed by atoms with Crippen molar-refractivity contribution in [2.24, 2.45) is 5.10 Å². The molecule has 3 aromatic rings. The van der Waals surface area contributed by atoms with E-state index in [1.54, 1.807) is 18.0 Å². The molecule has 6 heteroatoms. The summed E-state index contributed by atoms with van der Waals surface area (Å²) in [5, 5.41) is 4.70. The monoisotopic (exact) mass is 348 g/mol. The van der Waals surface area contributed by atoms with Crippen LogP contribution in [0.3, 0.4) is 0 Å². The van der Waals surface area contributed by atoms with Gasteiger partial charge in [0.05, 0.1) is 24.3 Å². The third-order valence-electron chi connectivity index (χ3n) is 4.71. The highest BCUT2D eigenvalue weighted by Gasteiger charge is 2.14. The van der Waals surface area contributed by atoms with Crippen molar-refractivity contribution in [1.82, 2.24) is 15.0 Å². The maximum atomic E-state index is 12.9. The van der Waals surface area contributed by atoms with Gasteiger partial charge in [-0.15, -0.1) is 0 Å². The molecule has 1 aliphatic rings. The molecule has 0 radical (unpaired) electrons. The summed E-state index contributed by atoms with van der Waals surface area (Å²) >= 11 is 0. The number of benzene rings is 2. The fourth-order valence-corrected chi connectivity index (χ4v) is 3.19. The summed E-state index contributed by atoms with van der Waals surface area (Å²) in [5.74, 6) is 1.02. The second-order valence-corrected chi connectivity index (χ2v) is 6.37. The Bertz CT molecular complexity index is 1030. The lowest BCUT2D eigenvalue weighted by Gasteiger charge is -2.10. The Hall–Kier alpha value is -3.15. The van der Waals surface area contributed by atoms with Crippen LogP contribution in [0.4, 0.5) is 0 Å².